The van der Waals surface area contributed by atoms with Gasteiger partial charge in [-0.15, -0.1) is 0 Å². The smallest absolute Gasteiger partial charge is 0.217 e. The second-order valence-electron chi connectivity index (χ2n) is 17.5. The zero-order valence-corrected chi connectivity index (χ0v) is 36.7. The topological polar surface area (TPSA) is 475 Å². The standard InChI is InChI=1S/C38H65NO29/c1-8-16(45)20(49)25(54)35(58-8)65-29-14(7-43)63-34(67-31-19(48)12(5-41)61-37(27(31)56)64-28-13(6-42)60-33(57)24(53)23(28)52)15(39-10(3)44)30(29)66-38-32(22(51)18(47)11(4-40)62-38)68-36-26(55)21(50)17(46)9(2)59-36/h8-9,11-38,40-43,45-57H,4-7H2,1-3H3,(H,39,44)/t8-,9-,11+,12+,13+,14+,15+,16+,17+,18-,19-,20+,21+,22-,23+,24+,25-,26-,27+,28+,29+,30+,31-,32+,33?,34-,35+,36+,37-,38-/m0/s1. The zero-order chi connectivity index (χ0) is 50.2. The van der Waals surface area contributed by atoms with Gasteiger partial charge in [0.2, 0.25) is 5.91 Å². The van der Waals surface area contributed by atoms with Gasteiger partial charge in [0.15, 0.2) is 37.7 Å². The first-order valence-corrected chi connectivity index (χ1v) is 21.8. The summed E-state index contributed by atoms with van der Waals surface area (Å²) in [4.78, 5) is 13.1. The van der Waals surface area contributed by atoms with E-state index in [0.29, 0.717) is 0 Å². The number of aliphatic hydroxyl groups is 17. The number of carbonyl (C=O) groups excluding carboxylic acids is 1. The molecule has 6 saturated heterocycles. The molecule has 6 fully saturated rings. The molecule has 0 aromatic heterocycles. The molecule has 6 aliphatic heterocycles. The lowest BCUT2D eigenvalue weighted by atomic mass is 9.93. The van der Waals surface area contributed by atoms with Crippen LogP contribution in [0, 0.1) is 0 Å². The van der Waals surface area contributed by atoms with Crippen LogP contribution >= 0.6 is 0 Å². The lowest BCUT2D eigenvalue weighted by Crippen LogP contribution is -2.71. The largest absolute Gasteiger partial charge is 0.394 e. The van der Waals surface area contributed by atoms with Crippen molar-refractivity contribution < 1.29 is 144 Å². The van der Waals surface area contributed by atoms with Crippen molar-refractivity contribution >= 4 is 5.91 Å². The Morgan fingerprint density at radius 3 is 1.32 bits per heavy atom. The molecule has 6 heterocycles. The van der Waals surface area contributed by atoms with Crippen molar-refractivity contribution in [1.82, 2.24) is 5.32 Å². The SMILES string of the molecule is CC(=O)N[C@H]1[C@H](O[C@H]2[C@@H](O)[C@@H](CO)O[C@@H](O[C@H]3[C@H](O)[C@@H](O)C(O)O[C@@H]3CO)[C@@H]2O)O[C@H](CO)[C@@H](O[C@H]2O[C@@H](C)[C@@H](O)[C@@H](O)[C@@H]2O)[C@@H]1O[C@@H]1O[C@H](CO)[C@H](O)[C@H](O)[C@H]1O[C@H]1O[C@@H](C)[C@@H](O)[C@@H](O)[C@@H]1O. The summed E-state index contributed by atoms with van der Waals surface area (Å²) in [6.45, 7) is -0.357. The molecule has 0 saturated carbocycles. The summed E-state index contributed by atoms with van der Waals surface area (Å²) < 4.78 is 63.9. The van der Waals surface area contributed by atoms with Gasteiger partial charge in [-0.25, -0.2) is 0 Å². The molecule has 1 amide bonds. The Labute approximate surface area is 386 Å². The maximum absolute atomic E-state index is 13.1. The molecular weight excluding hydrogens is 934 g/mol. The van der Waals surface area contributed by atoms with Crippen LogP contribution in [-0.4, -0.2) is 303 Å². The number of hydrogen-bond acceptors (Lipinski definition) is 29. The Morgan fingerprint density at radius 1 is 0.382 bits per heavy atom. The molecule has 6 aliphatic rings. The highest BCUT2D eigenvalue weighted by Gasteiger charge is 2.59. The van der Waals surface area contributed by atoms with Gasteiger partial charge in [-0.3, -0.25) is 4.79 Å². The van der Waals surface area contributed by atoms with E-state index in [0.717, 1.165) is 6.92 Å². The Kier molecular flexibility index (Phi) is 19.2. The summed E-state index contributed by atoms with van der Waals surface area (Å²) in [5, 5.41) is 184. The molecule has 6 rings (SSSR count). The number of ether oxygens (including phenoxy) is 11. The van der Waals surface area contributed by atoms with Crippen molar-refractivity contribution in [3.05, 3.63) is 0 Å². The van der Waals surface area contributed by atoms with E-state index < -0.39 is 217 Å². The highest BCUT2D eigenvalue weighted by molar-refractivity contribution is 5.73. The summed E-state index contributed by atoms with van der Waals surface area (Å²) in [6, 6.07) is -1.86. The molecule has 1 unspecified atom stereocenters. The third-order valence-electron chi connectivity index (χ3n) is 12.8. The van der Waals surface area contributed by atoms with Crippen LogP contribution in [0.3, 0.4) is 0 Å². The van der Waals surface area contributed by atoms with Crippen molar-refractivity contribution in [1.29, 1.82) is 0 Å². The first-order chi connectivity index (χ1) is 32.1. The van der Waals surface area contributed by atoms with Crippen molar-refractivity contribution in [3.63, 3.8) is 0 Å². The van der Waals surface area contributed by atoms with Gasteiger partial charge in [0.1, 0.15) is 134 Å². The van der Waals surface area contributed by atoms with Gasteiger partial charge >= 0.3 is 0 Å². The van der Waals surface area contributed by atoms with Gasteiger partial charge in [0.25, 0.3) is 0 Å². The van der Waals surface area contributed by atoms with Crippen molar-refractivity contribution in [2.45, 2.75) is 205 Å². The van der Waals surface area contributed by atoms with Gasteiger partial charge in [0.05, 0.1) is 38.6 Å². The van der Waals surface area contributed by atoms with Gasteiger partial charge < -0.3 is 144 Å². The average Bonchev–Trinajstić information content (AvgIpc) is 3.31. The fraction of sp³-hybridized carbons (Fsp3) is 0.974. The van der Waals surface area contributed by atoms with E-state index >= 15 is 0 Å². The van der Waals surface area contributed by atoms with Gasteiger partial charge in [-0.1, -0.05) is 0 Å². The highest BCUT2D eigenvalue weighted by Crippen LogP contribution is 2.38. The third-order valence-corrected chi connectivity index (χ3v) is 12.8. The molecule has 0 aromatic rings. The Hall–Kier alpha value is -1.65. The van der Waals surface area contributed by atoms with Crippen molar-refractivity contribution in [2.75, 3.05) is 26.4 Å². The van der Waals surface area contributed by atoms with Crippen molar-refractivity contribution in [2.24, 2.45) is 0 Å². The lowest BCUT2D eigenvalue weighted by Gasteiger charge is -2.52. The van der Waals surface area contributed by atoms with E-state index in [2.05, 4.69) is 5.32 Å². The van der Waals surface area contributed by atoms with Crippen LogP contribution in [0.1, 0.15) is 20.8 Å². The van der Waals surface area contributed by atoms with E-state index in [1.54, 1.807) is 0 Å². The normalized spacial score (nSPS) is 52.6. The maximum atomic E-state index is 13.1. The van der Waals surface area contributed by atoms with Crippen LogP contribution in [0.4, 0.5) is 0 Å². The van der Waals surface area contributed by atoms with Crippen LogP contribution < -0.4 is 5.32 Å². The van der Waals surface area contributed by atoms with Crippen LogP contribution in [0.15, 0.2) is 0 Å². The molecule has 30 atom stereocenters. The molecule has 30 nitrogen and oxygen atoms in total. The minimum absolute atomic E-state index is 0.894. The van der Waals surface area contributed by atoms with Crippen LogP contribution in [0.5, 0.6) is 0 Å². The predicted octanol–water partition coefficient (Wildman–Crippen LogP) is -11.9. The summed E-state index contributed by atoms with van der Waals surface area (Å²) >= 11 is 0. The van der Waals surface area contributed by atoms with E-state index in [1.807, 2.05) is 0 Å². The molecular formula is C38H65NO29. The molecule has 0 aromatic carbocycles. The molecule has 30 heteroatoms. The second kappa shape index (κ2) is 23.5. The Morgan fingerprint density at radius 2 is 0.794 bits per heavy atom. The summed E-state index contributed by atoms with van der Waals surface area (Å²) in [5.41, 5.74) is 0. The summed E-state index contributed by atoms with van der Waals surface area (Å²) in [7, 11) is 0. The zero-order valence-electron chi connectivity index (χ0n) is 36.7. The fourth-order valence-electron chi connectivity index (χ4n) is 8.78. The van der Waals surface area contributed by atoms with E-state index in [9.17, 15) is 91.6 Å². The Bertz CT molecular complexity index is 1590. The predicted molar refractivity (Wildman–Crippen MR) is 208 cm³/mol. The number of nitrogens with one attached hydrogen (secondary N) is 1. The molecule has 0 spiro atoms. The molecule has 18 N–H and O–H groups in total. The van der Waals surface area contributed by atoms with E-state index in [1.165, 1.54) is 13.8 Å². The summed E-state index contributed by atoms with van der Waals surface area (Å²) in [5.74, 6) is -0.894. The van der Waals surface area contributed by atoms with E-state index in [4.69, 9.17) is 52.1 Å². The van der Waals surface area contributed by atoms with Gasteiger partial charge in [0, 0.05) is 6.92 Å². The molecule has 0 aliphatic carbocycles. The third kappa shape index (κ3) is 11.4. The molecule has 68 heavy (non-hydrogen) atoms. The highest BCUT2D eigenvalue weighted by atomic mass is 16.8. The quantitative estimate of drug-likeness (QED) is 0.0724. The van der Waals surface area contributed by atoms with Crippen LogP contribution in [-0.2, 0) is 56.9 Å². The average molecular weight is 1000 g/mol. The molecule has 396 valence electrons. The number of amides is 1. The maximum Gasteiger partial charge on any atom is 0.217 e. The lowest BCUT2D eigenvalue weighted by molar-refractivity contribution is -0.400. The molecule has 0 radical (unpaired) electrons. The fourth-order valence-corrected chi connectivity index (χ4v) is 8.78. The number of aliphatic hydroxyl groups excluding tert-OH is 17. The monoisotopic (exact) mass is 999 g/mol. The van der Waals surface area contributed by atoms with Gasteiger partial charge in [-0.05, 0) is 13.8 Å². The van der Waals surface area contributed by atoms with Crippen LogP contribution in [0.25, 0.3) is 0 Å². The minimum atomic E-state index is -2.19. The summed E-state index contributed by atoms with van der Waals surface area (Å²) in [6.07, 6.45) is -54.0. The van der Waals surface area contributed by atoms with Gasteiger partial charge in [-0.2, -0.15) is 0 Å². The number of rotatable bonds is 15. The second-order valence-corrected chi connectivity index (χ2v) is 17.5. The van der Waals surface area contributed by atoms with E-state index in [-0.39, 0.29) is 0 Å². The van der Waals surface area contributed by atoms with Crippen molar-refractivity contribution in [3.8, 4) is 0 Å². The van der Waals surface area contributed by atoms with Crippen LogP contribution in [0.2, 0.25) is 0 Å². The minimum Gasteiger partial charge on any atom is -0.394 e. The first kappa shape index (κ1) is 55.7. The number of hydrogen-bond donors (Lipinski definition) is 18. The Balaban J connectivity index is 1.39. The first-order valence-electron chi connectivity index (χ1n) is 21.8. The molecule has 0 bridgehead atoms. The number of carbonyl (C=O) groups is 1.